The molecule has 0 bridgehead atoms. The van der Waals surface area contributed by atoms with Gasteiger partial charge in [0.05, 0.1) is 5.56 Å². The molecular weight excluding hydrogens is 246 g/mol. The van der Waals surface area contributed by atoms with Crippen LogP contribution in [0.2, 0.25) is 0 Å². The highest BCUT2D eigenvalue weighted by Crippen LogP contribution is 2.20. The second-order valence-corrected chi connectivity index (χ2v) is 5.89. The van der Waals surface area contributed by atoms with Crippen LogP contribution < -0.4 is 5.32 Å². The van der Waals surface area contributed by atoms with Crippen LogP contribution in [0.25, 0.3) is 0 Å². The number of aromatic nitrogens is 1. The molecule has 0 radical (unpaired) electrons. The number of thioether (sulfide) groups is 1. The highest BCUT2D eigenvalue weighted by atomic mass is 32.2. The summed E-state index contributed by atoms with van der Waals surface area (Å²) >= 11 is 2.01. The molecule has 1 aliphatic heterocycles. The molecule has 1 fully saturated rings. The van der Waals surface area contributed by atoms with Crippen molar-refractivity contribution in [1.82, 2.24) is 9.88 Å². The number of amides is 1. The minimum atomic E-state index is -0.0110. The van der Waals surface area contributed by atoms with Crippen LogP contribution in [0.5, 0.6) is 0 Å². The van der Waals surface area contributed by atoms with E-state index in [-0.39, 0.29) is 5.91 Å². The third-order valence-electron chi connectivity index (χ3n) is 2.99. The number of pyridine rings is 1. The average molecular weight is 265 g/mol. The summed E-state index contributed by atoms with van der Waals surface area (Å²) in [5.74, 6) is 3.29. The average Bonchev–Trinajstić information content (AvgIpc) is 2.40. The van der Waals surface area contributed by atoms with Crippen LogP contribution in [0, 0.1) is 0 Å². The van der Waals surface area contributed by atoms with E-state index < -0.39 is 0 Å². The first kappa shape index (κ1) is 13.2. The molecule has 0 atom stereocenters. The summed E-state index contributed by atoms with van der Waals surface area (Å²) in [4.78, 5) is 17.6. The van der Waals surface area contributed by atoms with Gasteiger partial charge in [0.25, 0.3) is 5.91 Å². The topological polar surface area (TPSA) is 45.2 Å². The van der Waals surface area contributed by atoms with Gasteiger partial charge in [-0.3, -0.25) is 4.79 Å². The van der Waals surface area contributed by atoms with Gasteiger partial charge >= 0.3 is 0 Å². The zero-order chi connectivity index (χ0) is 13.0. The Bertz CT molecular complexity index is 399. The molecule has 4 nitrogen and oxygen atoms in total. The van der Waals surface area contributed by atoms with E-state index in [4.69, 9.17) is 0 Å². The maximum absolute atomic E-state index is 11.7. The lowest BCUT2D eigenvalue weighted by atomic mass is 10.1. The fourth-order valence-electron chi connectivity index (χ4n) is 1.92. The molecule has 0 spiro atoms. The molecule has 0 aliphatic carbocycles. The highest BCUT2D eigenvalue weighted by molar-refractivity contribution is 7.99. The summed E-state index contributed by atoms with van der Waals surface area (Å²) < 4.78 is 0. The Kier molecular flexibility index (Phi) is 4.47. The van der Waals surface area contributed by atoms with E-state index in [2.05, 4.69) is 10.3 Å². The van der Waals surface area contributed by atoms with Crippen LogP contribution >= 0.6 is 11.8 Å². The van der Waals surface area contributed by atoms with E-state index in [1.54, 1.807) is 25.2 Å². The van der Waals surface area contributed by atoms with Crippen molar-refractivity contribution >= 4 is 23.5 Å². The number of hydrogen-bond donors (Lipinski definition) is 1. The van der Waals surface area contributed by atoms with Crippen molar-refractivity contribution in [1.29, 1.82) is 0 Å². The van der Waals surface area contributed by atoms with Crippen LogP contribution in [0.1, 0.15) is 23.2 Å². The number of hydrogen-bond acceptors (Lipinski definition) is 4. The maximum atomic E-state index is 11.7. The molecule has 1 N–H and O–H groups in total. The lowest BCUT2D eigenvalue weighted by molar-refractivity contribution is 0.0827. The summed E-state index contributed by atoms with van der Waals surface area (Å²) in [6, 6.07) is 4.24. The highest BCUT2D eigenvalue weighted by Gasteiger charge is 2.14. The van der Waals surface area contributed by atoms with Crippen LogP contribution in [0.3, 0.4) is 0 Å². The molecule has 1 aliphatic rings. The molecule has 98 valence electrons. The lowest BCUT2D eigenvalue weighted by Gasteiger charge is -2.23. The third-order valence-corrected chi connectivity index (χ3v) is 4.04. The Morgan fingerprint density at radius 3 is 2.67 bits per heavy atom. The molecule has 1 aromatic rings. The maximum Gasteiger partial charge on any atom is 0.254 e. The SMILES string of the molecule is CN(C)C(=O)c1ccc(NC2CCSCC2)nc1. The largest absolute Gasteiger partial charge is 0.367 e. The predicted octanol–water partition coefficient (Wildman–Crippen LogP) is 2.09. The van der Waals surface area contributed by atoms with E-state index in [1.165, 1.54) is 24.3 Å². The first-order chi connectivity index (χ1) is 8.66. The summed E-state index contributed by atoms with van der Waals surface area (Å²) in [6.07, 6.45) is 4.01. The first-order valence-electron chi connectivity index (χ1n) is 6.19. The Morgan fingerprint density at radius 2 is 2.11 bits per heavy atom. The Hall–Kier alpha value is -1.23. The molecule has 18 heavy (non-hydrogen) atoms. The van der Waals surface area contributed by atoms with Gasteiger partial charge in [-0.25, -0.2) is 4.98 Å². The third kappa shape index (κ3) is 3.38. The number of nitrogens with one attached hydrogen (secondary N) is 1. The van der Waals surface area contributed by atoms with E-state index in [0.717, 1.165) is 5.82 Å². The van der Waals surface area contributed by atoms with Crippen molar-refractivity contribution in [3.63, 3.8) is 0 Å². The number of anilines is 1. The quantitative estimate of drug-likeness (QED) is 0.909. The molecule has 0 saturated carbocycles. The molecule has 1 aromatic heterocycles. The van der Waals surface area contributed by atoms with Crippen molar-refractivity contribution in [3.05, 3.63) is 23.9 Å². The van der Waals surface area contributed by atoms with Crippen LogP contribution in [-0.4, -0.2) is 47.4 Å². The Morgan fingerprint density at radius 1 is 1.39 bits per heavy atom. The van der Waals surface area contributed by atoms with Crippen molar-refractivity contribution in [2.24, 2.45) is 0 Å². The second-order valence-electron chi connectivity index (χ2n) is 4.66. The van der Waals surface area contributed by atoms with Gasteiger partial charge in [-0.15, -0.1) is 0 Å². The van der Waals surface area contributed by atoms with Gasteiger partial charge in [-0.1, -0.05) is 0 Å². The number of rotatable bonds is 3. The van der Waals surface area contributed by atoms with Crippen molar-refractivity contribution in [2.45, 2.75) is 18.9 Å². The minimum absolute atomic E-state index is 0.0110. The molecule has 1 saturated heterocycles. The van der Waals surface area contributed by atoms with Gasteiger partial charge in [-0.2, -0.15) is 11.8 Å². The van der Waals surface area contributed by atoms with Crippen LogP contribution in [-0.2, 0) is 0 Å². The standard InChI is InChI=1S/C13H19N3OS/c1-16(2)13(17)10-3-4-12(14-9-10)15-11-5-7-18-8-6-11/h3-4,9,11H,5-8H2,1-2H3,(H,14,15). The number of nitrogens with zero attached hydrogens (tertiary/aromatic N) is 2. The van der Waals surface area contributed by atoms with Gasteiger partial charge in [0, 0.05) is 26.3 Å². The summed E-state index contributed by atoms with van der Waals surface area (Å²) in [5, 5.41) is 3.43. The van der Waals surface area contributed by atoms with Gasteiger partial charge in [0.15, 0.2) is 0 Å². The van der Waals surface area contributed by atoms with E-state index in [9.17, 15) is 4.79 Å². The van der Waals surface area contributed by atoms with Crippen molar-refractivity contribution < 1.29 is 4.79 Å². The predicted molar refractivity (Wildman–Crippen MR) is 76.2 cm³/mol. The summed E-state index contributed by atoms with van der Waals surface area (Å²) in [6.45, 7) is 0. The normalized spacial score (nSPS) is 16.3. The number of carbonyl (C=O) groups excluding carboxylic acids is 1. The lowest BCUT2D eigenvalue weighted by Crippen LogP contribution is -2.25. The zero-order valence-electron chi connectivity index (χ0n) is 10.8. The van der Waals surface area contributed by atoms with E-state index in [1.807, 2.05) is 23.9 Å². The molecule has 0 aromatic carbocycles. The summed E-state index contributed by atoms with van der Waals surface area (Å²) in [5.41, 5.74) is 0.629. The first-order valence-corrected chi connectivity index (χ1v) is 7.34. The Labute approximate surface area is 112 Å². The molecule has 2 heterocycles. The van der Waals surface area contributed by atoms with Crippen molar-refractivity contribution in [2.75, 3.05) is 30.9 Å². The molecule has 1 amide bonds. The fourth-order valence-corrected chi connectivity index (χ4v) is 3.02. The zero-order valence-corrected chi connectivity index (χ0v) is 11.7. The molecular formula is C13H19N3OS. The van der Waals surface area contributed by atoms with Gasteiger partial charge in [-0.05, 0) is 36.5 Å². The second kappa shape index (κ2) is 6.09. The number of carbonyl (C=O) groups is 1. The van der Waals surface area contributed by atoms with Gasteiger partial charge in [0.2, 0.25) is 0 Å². The van der Waals surface area contributed by atoms with E-state index >= 15 is 0 Å². The molecule has 2 rings (SSSR count). The Balaban J connectivity index is 1.96. The van der Waals surface area contributed by atoms with Crippen molar-refractivity contribution in [3.8, 4) is 0 Å². The van der Waals surface area contributed by atoms with Crippen LogP contribution in [0.4, 0.5) is 5.82 Å². The minimum Gasteiger partial charge on any atom is -0.367 e. The molecule has 0 unspecified atom stereocenters. The van der Waals surface area contributed by atoms with Crippen LogP contribution in [0.15, 0.2) is 18.3 Å². The fraction of sp³-hybridized carbons (Fsp3) is 0.538. The summed E-state index contributed by atoms with van der Waals surface area (Å²) in [7, 11) is 3.49. The molecule has 5 heteroatoms. The van der Waals surface area contributed by atoms with Gasteiger partial charge in [0.1, 0.15) is 5.82 Å². The monoisotopic (exact) mass is 265 g/mol. The smallest absolute Gasteiger partial charge is 0.254 e. The van der Waals surface area contributed by atoms with E-state index in [0.29, 0.717) is 11.6 Å². The van der Waals surface area contributed by atoms with Gasteiger partial charge < -0.3 is 10.2 Å².